The molecule has 124 valence electrons. The van der Waals surface area contributed by atoms with Crippen LogP contribution in [0.1, 0.15) is 41.8 Å². The van der Waals surface area contributed by atoms with Crippen LogP contribution in [0.4, 0.5) is 5.82 Å². The lowest BCUT2D eigenvalue weighted by molar-refractivity contribution is 0.669. The molecule has 4 rings (SSSR count). The molecule has 1 fully saturated rings. The summed E-state index contributed by atoms with van der Waals surface area (Å²) in [5.41, 5.74) is 10.00. The number of aromatic amines is 1. The van der Waals surface area contributed by atoms with Gasteiger partial charge in [0.25, 0.3) is 0 Å². The van der Waals surface area contributed by atoms with Gasteiger partial charge in [0.05, 0.1) is 22.8 Å². The van der Waals surface area contributed by atoms with Crippen LogP contribution in [-0.2, 0) is 6.54 Å². The quantitative estimate of drug-likeness (QED) is 0.774. The Labute approximate surface area is 141 Å². The molecule has 6 heteroatoms. The Balaban J connectivity index is 1.72. The molecule has 0 bridgehead atoms. The Morgan fingerprint density at radius 2 is 2.08 bits per heavy atom. The molecule has 1 aliphatic heterocycles. The molecule has 2 aromatic heterocycles. The van der Waals surface area contributed by atoms with Crippen molar-refractivity contribution in [1.82, 2.24) is 19.9 Å². The summed E-state index contributed by atoms with van der Waals surface area (Å²) in [5.74, 6) is 2.72. The molecule has 0 spiro atoms. The lowest BCUT2D eigenvalue weighted by Gasteiger charge is -2.24. The zero-order chi connectivity index (χ0) is 16.7. The van der Waals surface area contributed by atoms with Gasteiger partial charge in [-0.2, -0.15) is 0 Å². The van der Waals surface area contributed by atoms with Gasteiger partial charge in [-0.05, 0) is 44.4 Å². The number of nitrogens with two attached hydrogens (primary N) is 1. The first kappa shape index (κ1) is 15.1. The first-order valence-corrected chi connectivity index (χ1v) is 8.41. The molecule has 1 aliphatic rings. The zero-order valence-corrected chi connectivity index (χ0v) is 14.1. The van der Waals surface area contributed by atoms with Crippen molar-refractivity contribution in [2.75, 3.05) is 11.4 Å². The smallest absolute Gasteiger partial charge is 0.133 e. The van der Waals surface area contributed by atoms with E-state index in [-0.39, 0.29) is 6.04 Å². The van der Waals surface area contributed by atoms with E-state index in [4.69, 9.17) is 10.7 Å². The maximum Gasteiger partial charge on any atom is 0.133 e. The van der Waals surface area contributed by atoms with E-state index in [0.717, 1.165) is 53.6 Å². The summed E-state index contributed by atoms with van der Waals surface area (Å²) in [6, 6.07) is 8.54. The molecule has 24 heavy (non-hydrogen) atoms. The van der Waals surface area contributed by atoms with Crippen LogP contribution < -0.4 is 10.6 Å². The van der Waals surface area contributed by atoms with Gasteiger partial charge in [-0.15, -0.1) is 0 Å². The number of hydrogen-bond acceptors (Lipinski definition) is 5. The van der Waals surface area contributed by atoms with Crippen molar-refractivity contribution < 1.29 is 0 Å². The van der Waals surface area contributed by atoms with Crippen LogP contribution in [0.3, 0.4) is 0 Å². The Morgan fingerprint density at radius 1 is 1.21 bits per heavy atom. The van der Waals surface area contributed by atoms with E-state index in [0.29, 0.717) is 6.54 Å². The number of nitrogens with zero attached hydrogens (tertiary/aromatic N) is 4. The summed E-state index contributed by atoms with van der Waals surface area (Å²) in [6.07, 6.45) is 2.20. The maximum atomic E-state index is 5.77. The normalized spacial score (nSPS) is 17.8. The molecule has 0 radical (unpaired) electrons. The molecule has 3 N–H and O–H groups in total. The summed E-state index contributed by atoms with van der Waals surface area (Å²) in [7, 11) is 0. The molecule has 0 amide bonds. The zero-order valence-electron chi connectivity index (χ0n) is 14.1. The van der Waals surface area contributed by atoms with Crippen molar-refractivity contribution in [3.05, 3.63) is 47.2 Å². The van der Waals surface area contributed by atoms with Gasteiger partial charge in [-0.3, -0.25) is 0 Å². The number of aryl methyl sites for hydroxylation is 2. The third-order valence-corrected chi connectivity index (χ3v) is 4.61. The highest BCUT2D eigenvalue weighted by molar-refractivity contribution is 5.76. The van der Waals surface area contributed by atoms with Crippen LogP contribution in [0, 0.1) is 13.8 Å². The molecule has 6 nitrogen and oxygen atoms in total. The Hall–Kier alpha value is -2.47. The molecular formula is C18H22N6. The molecule has 0 aliphatic carbocycles. The molecule has 0 saturated carbocycles. The minimum atomic E-state index is 0.220. The third kappa shape index (κ3) is 2.63. The van der Waals surface area contributed by atoms with E-state index in [2.05, 4.69) is 45.0 Å². The monoisotopic (exact) mass is 322 g/mol. The summed E-state index contributed by atoms with van der Waals surface area (Å²) in [4.78, 5) is 19.6. The van der Waals surface area contributed by atoms with E-state index < -0.39 is 0 Å². The molecule has 1 aromatic carbocycles. The van der Waals surface area contributed by atoms with Gasteiger partial charge in [0.15, 0.2) is 0 Å². The van der Waals surface area contributed by atoms with Crippen molar-refractivity contribution in [3.63, 3.8) is 0 Å². The SMILES string of the molecule is Cc1ccc2nc(C3CCCN3c3cc(CN)nc(C)n3)[nH]c2c1. The second-order valence-electron chi connectivity index (χ2n) is 6.46. The number of rotatable bonds is 3. The molecule has 3 aromatic rings. The summed E-state index contributed by atoms with van der Waals surface area (Å²) < 4.78 is 0. The van der Waals surface area contributed by atoms with Crippen LogP contribution in [0.2, 0.25) is 0 Å². The van der Waals surface area contributed by atoms with Gasteiger partial charge in [-0.25, -0.2) is 15.0 Å². The number of fused-ring (bicyclic) bond motifs is 1. The van der Waals surface area contributed by atoms with Crippen molar-refractivity contribution in [2.24, 2.45) is 5.73 Å². The predicted molar refractivity (Wildman–Crippen MR) is 94.8 cm³/mol. The van der Waals surface area contributed by atoms with Crippen LogP contribution in [-0.4, -0.2) is 26.5 Å². The maximum absolute atomic E-state index is 5.77. The largest absolute Gasteiger partial charge is 0.346 e. The van der Waals surface area contributed by atoms with Gasteiger partial charge in [0.1, 0.15) is 17.5 Å². The number of aromatic nitrogens is 4. The highest BCUT2D eigenvalue weighted by Gasteiger charge is 2.30. The van der Waals surface area contributed by atoms with Crippen LogP contribution in [0.25, 0.3) is 11.0 Å². The summed E-state index contributed by atoms with van der Waals surface area (Å²) in [6.45, 7) is 5.41. The Bertz CT molecular complexity index is 884. The van der Waals surface area contributed by atoms with Crippen molar-refractivity contribution in [2.45, 2.75) is 39.3 Å². The average Bonchev–Trinajstić information content (AvgIpc) is 3.19. The standard InChI is InChI=1S/C18H22N6/c1-11-5-6-14-15(8-11)23-18(22-14)16-4-3-7-24(16)17-9-13(10-19)20-12(2)21-17/h5-6,8-9,16H,3-4,7,10,19H2,1-2H3,(H,22,23). The number of nitrogens with one attached hydrogen (secondary N) is 1. The van der Waals surface area contributed by atoms with Crippen molar-refractivity contribution in [1.29, 1.82) is 0 Å². The molecule has 1 atom stereocenters. The predicted octanol–water partition coefficient (Wildman–Crippen LogP) is 2.77. The first-order valence-electron chi connectivity index (χ1n) is 8.41. The minimum Gasteiger partial charge on any atom is -0.346 e. The van der Waals surface area contributed by atoms with E-state index in [1.165, 1.54) is 5.56 Å². The van der Waals surface area contributed by atoms with Crippen LogP contribution in [0.5, 0.6) is 0 Å². The fraction of sp³-hybridized carbons (Fsp3) is 0.389. The second-order valence-corrected chi connectivity index (χ2v) is 6.46. The minimum absolute atomic E-state index is 0.220. The van der Waals surface area contributed by atoms with Crippen molar-refractivity contribution in [3.8, 4) is 0 Å². The average molecular weight is 322 g/mol. The number of H-pyrrole nitrogens is 1. The summed E-state index contributed by atoms with van der Waals surface area (Å²) >= 11 is 0. The highest BCUT2D eigenvalue weighted by atomic mass is 15.3. The fourth-order valence-corrected chi connectivity index (χ4v) is 3.49. The topological polar surface area (TPSA) is 83.7 Å². The van der Waals surface area contributed by atoms with Gasteiger partial charge in [0, 0.05) is 19.2 Å². The Morgan fingerprint density at radius 3 is 2.92 bits per heavy atom. The molecule has 3 heterocycles. The van der Waals surface area contributed by atoms with E-state index in [1.54, 1.807) is 0 Å². The number of benzene rings is 1. The lowest BCUT2D eigenvalue weighted by atomic mass is 10.2. The first-order chi connectivity index (χ1) is 11.6. The highest BCUT2D eigenvalue weighted by Crippen LogP contribution is 2.35. The number of hydrogen-bond donors (Lipinski definition) is 2. The summed E-state index contributed by atoms with van der Waals surface area (Å²) in [5, 5.41) is 0. The van der Waals surface area contributed by atoms with Gasteiger partial charge in [0.2, 0.25) is 0 Å². The fourth-order valence-electron chi connectivity index (χ4n) is 3.49. The molecule has 1 saturated heterocycles. The molecule has 1 unspecified atom stereocenters. The van der Waals surface area contributed by atoms with Gasteiger partial charge < -0.3 is 15.6 Å². The van der Waals surface area contributed by atoms with Crippen molar-refractivity contribution >= 4 is 16.9 Å². The van der Waals surface area contributed by atoms with Crippen LogP contribution in [0.15, 0.2) is 24.3 Å². The third-order valence-electron chi connectivity index (χ3n) is 4.61. The molecular weight excluding hydrogens is 300 g/mol. The number of anilines is 1. The van der Waals surface area contributed by atoms with Gasteiger partial charge >= 0.3 is 0 Å². The lowest BCUT2D eigenvalue weighted by Crippen LogP contribution is -2.25. The van der Waals surface area contributed by atoms with Crippen LogP contribution >= 0.6 is 0 Å². The number of imidazole rings is 1. The van der Waals surface area contributed by atoms with E-state index in [1.807, 2.05) is 13.0 Å². The van der Waals surface area contributed by atoms with E-state index >= 15 is 0 Å². The van der Waals surface area contributed by atoms with Gasteiger partial charge in [-0.1, -0.05) is 6.07 Å². The second kappa shape index (κ2) is 5.87. The Kier molecular flexibility index (Phi) is 3.69. The van der Waals surface area contributed by atoms with E-state index in [9.17, 15) is 0 Å².